The standard InChI is InChI=1S/C11H16BrN3O3S/c1-2-14-11(16)5-6-15-19(17,18)8-3-4-9(12)10(13)7-8/h3-4,7,15H,2,5-6,13H2,1H3,(H,14,16). The highest BCUT2D eigenvalue weighted by Gasteiger charge is 2.15. The molecule has 0 saturated heterocycles. The molecule has 0 saturated carbocycles. The third kappa shape index (κ3) is 4.81. The Hall–Kier alpha value is -1.12. The number of hydrogen-bond donors (Lipinski definition) is 3. The first-order valence-electron chi connectivity index (χ1n) is 5.68. The van der Waals surface area contributed by atoms with Crippen LogP contribution in [0.15, 0.2) is 27.6 Å². The molecule has 6 nitrogen and oxygen atoms in total. The summed E-state index contributed by atoms with van der Waals surface area (Å²) in [5.41, 5.74) is 5.97. The van der Waals surface area contributed by atoms with E-state index in [0.717, 1.165) is 0 Å². The van der Waals surface area contributed by atoms with Crippen molar-refractivity contribution in [3.63, 3.8) is 0 Å². The maximum absolute atomic E-state index is 11.9. The number of hydrogen-bond acceptors (Lipinski definition) is 4. The van der Waals surface area contributed by atoms with Crippen LogP contribution in [0.1, 0.15) is 13.3 Å². The van der Waals surface area contributed by atoms with Crippen LogP contribution in [0.2, 0.25) is 0 Å². The van der Waals surface area contributed by atoms with Gasteiger partial charge >= 0.3 is 0 Å². The first-order chi connectivity index (χ1) is 8.86. The van der Waals surface area contributed by atoms with Crippen molar-refractivity contribution >= 4 is 37.5 Å². The Morgan fingerprint density at radius 2 is 2.11 bits per heavy atom. The molecule has 1 aromatic rings. The molecule has 0 heterocycles. The van der Waals surface area contributed by atoms with Crippen molar-refractivity contribution in [1.29, 1.82) is 0 Å². The van der Waals surface area contributed by atoms with Gasteiger partial charge in [0.15, 0.2) is 0 Å². The minimum Gasteiger partial charge on any atom is -0.398 e. The van der Waals surface area contributed by atoms with Crippen LogP contribution >= 0.6 is 15.9 Å². The Labute approximate surface area is 120 Å². The number of nitrogen functional groups attached to an aromatic ring is 1. The quantitative estimate of drug-likeness (QED) is 0.662. The van der Waals surface area contributed by atoms with Gasteiger partial charge in [-0.25, -0.2) is 13.1 Å². The third-order valence-corrected chi connectivity index (χ3v) is 4.48. The molecule has 0 radical (unpaired) electrons. The minimum atomic E-state index is -3.64. The molecule has 0 bridgehead atoms. The fraction of sp³-hybridized carbons (Fsp3) is 0.364. The monoisotopic (exact) mass is 349 g/mol. The lowest BCUT2D eigenvalue weighted by atomic mass is 10.3. The van der Waals surface area contributed by atoms with Crippen molar-refractivity contribution in [3.8, 4) is 0 Å². The van der Waals surface area contributed by atoms with Crippen molar-refractivity contribution in [3.05, 3.63) is 22.7 Å². The first kappa shape index (κ1) is 15.9. The molecular weight excluding hydrogens is 334 g/mol. The van der Waals surface area contributed by atoms with Crippen LogP contribution in [0.3, 0.4) is 0 Å². The zero-order chi connectivity index (χ0) is 14.5. The number of nitrogens with two attached hydrogens (primary N) is 1. The molecule has 1 aromatic carbocycles. The maximum atomic E-state index is 11.9. The number of nitrogens with one attached hydrogen (secondary N) is 2. The molecule has 0 aliphatic heterocycles. The van der Waals surface area contributed by atoms with E-state index in [4.69, 9.17) is 5.73 Å². The van der Waals surface area contributed by atoms with Crippen LogP contribution in [0.5, 0.6) is 0 Å². The van der Waals surface area contributed by atoms with Gasteiger partial charge < -0.3 is 11.1 Å². The number of sulfonamides is 1. The average molecular weight is 350 g/mol. The summed E-state index contributed by atoms with van der Waals surface area (Å²) in [7, 11) is -3.64. The van der Waals surface area contributed by atoms with E-state index in [-0.39, 0.29) is 23.8 Å². The van der Waals surface area contributed by atoms with Crippen LogP contribution < -0.4 is 15.8 Å². The minimum absolute atomic E-state index is 0.0458. The van der Waals surface area contributed by atoms with E-state index in [1.54, 1.807) is 13.0 Å². The van der Waals surface area contributed by atoms with Crippen LogP contribution in [0, 0.1) is 0 Å². The zero-order valence-corrected chi connectivity index (χ0v) is 12.8. The van der Waals surface area contributed by atoms with Crippen LogP contribution in [-0.2, 0) is 14.8 Å². The van der Waals surface area contributed by atoms with Gasteiger partial charge in [-0.05, 0) is 41.1 Å². The van der Waals surface area contributed by atoms with Crippen molar-refractivity contribution in [2.24, 2.45) is 0 Å². The molecular formula is C11H16BrN3O3S. The van der Waals surface area contributed by atoms with Crippen molar-refractivity contribution in [2.75, 3.05) is 18.8 Å². The molecule has 0 atom stereocenters. The molecule has 1 amide bonds. The zero-order valence-electron chi connectivity index (χ0n) is 10.4. The van der Waals surface area contributed by atoms with Gasteiger partial charge in [-0.2, -0.15) is 0 Å². The van der Waals surface area contributed by atoms with E-state index < -0.39 is 10.0 Å². The number of amides is 1. The molecule has 1 rings (SSSR count). The highest BCUT2D eigenvalue weighted by atomic mass is 79.9. The summed E-state index contributed by atoms with van der Waals surface area (Å²) in [5, 5.41) is 2.59. The predicted molar refractivity (Wildman–Crippen MR) is 77.0 cm³/mol. The number of carbonyl (C=O) groups excluding carboxylic acids is 1. The van der Waals surface area contributed by atoms with E-state index in [0.29, 0.717) is 16.7 Å². The number of anilines is 1. The molecule has 0 spiro atoms. The van der Waals surface area contributed by atoms with Gasteiger partial charge in [0.05, 0.1) is 4.90 Å². The number of carbonyl (C=O) groups is 1. The molecule has 4 N–H and O–H groups in total. The first-order valence-corrected chi connectivity index (χ1v) is 7.96. The van der Waals surface area contributed by atoms with Gasteiger partial charge in [0.1, 0.15) is 0 Å². The summed E-state index contributed by atoms with van der Waals surface area (Å²) in [6.07, 6.45) is 0.0963. The highest BCUT2D eigenvalue weighted by molar-refractivity contribution is 9.10. The Balaban J connectivity index is 2.66. The molecule has 8 heteroatoms. The van der Waals surface area contributed by atoms with E-state index in [1.807, 2.05) is 0 Å². The molecule has 0 aromatic heterocycles. The lowest BCUT2D eigenvalue weighted by molar-refractivity contribution is -0.120. The molecule has 0 fully saturated rings. The summed E-state index contributed by atoms with van der Waals surface area (Å²) >= 11 is 3.19. The van der Waals surface area contributed by atoms with Crippen molar-refractivity contribution in [2.45, 2.75) is 18.2 Å². The second kappa shape index (κ2) is 6.88. The van der Waals surface area contributed by atoms with Gasteiger partial charge in [0, 0.05) is 29.7 Å². The Morgan fingerprint density at radius 3 is 2.68 bits per heavy atom. The summed E-state index contributed by atoms with van der Waals surface area (Å²) in [4.78, 5) is 11.3. The summed E-state index contributed by atoms with van der Waals surface area (Å²) in [6.45, 7) is 2.37. The Kier molecular flexibility index (Phi) is 5.77. The number of rotatable bonds is 6. The fourth-order valence-corrected chi connectivity index (χ4v) is 2.67. The number of halogens is 1. The van der Waals surface area contributed by atoms with Gasteiger partial charge in [0.2, 0.25) is 15.9 Å². The maximum Gasteiger partial charge on any atom is 0.240 e. The van der Waals surface area contributed by atoms with Gasteiger partial charge in [-0.15, -0.1) is 0 Å². The SMILES string of the molecule is CCNC(=O)CCNS(=O)(=O)c1ccc(Br)c(N)c1. The lowest BCUT2D eigenvalue weighted by Crippen LogP contribution is -2.30. The molecule has 0 unspecified atom stereocenters. The van der Waals surface area contributed by atoms with Gasteiger partial charge in [-0.3, -0.25) is 4.79 Å². The van der Waals surface area contributed by atoms with Crippen LogP contribution in [0.4, 0.5) is 5.69 Å². The predicted octanol–water partition coefficient (Wildman–Crippen LogP) is 0.836. The van der Waals surface area contributed by atoms with Gasteiger partial charge in [-0.1, -0.05) is 0 Å². The van der Waals surface area contributed by atoms with E-state index in [9.17, 15) is 13.2 Å². The lowest BCUT2D eigenvalue weighted by Gasteiger charge is -2.08. The topological polar surface area (TPSA) is 101 Å². The second-order valence-corrected chi connectivity index (χ2v) is 6.41. The normalized spacial score (nSPS) is 11.3. The molecule has 106 valence electrons. The van der Waals surface area contributed by atoms with Crippen molar-refractivity contribution < 1.29 is 13.2 Å². The van der Waals surface area contributed by atoms with Gasteiger partial charge in [0.25, 0.3) is 0 Å². The summed E-state index contributed by atoms with van der Waals surface area (Å²) < 4.78 is 26.8. The largest absolute Gasteiger partial charge is 0.398 e. The van der Waals surface area contributed by atoms with E-state index in [2.05, 4.69) is 26.0 Å². The molecule has 0 aliphatic rings. The third-order valence-electron chi connectivity index (χ3n) is 2.30. The van der Waals surface area contributed by atoms with E-state index in [1.165, 1.54) is 12.1 Å². The fourth-order valence-electron chi connectivity index (χ4n) is 1.36. The molecule has 0 aliphatic carbocycles. The Morgan fingerprint density at radius 1 is 1.42 bits per heavy atom. The van der Waals surface area contributed by atoms with E-state index >= 15 is 0 Å². The average Bonchev–Trinajstić information content (AvgIpc) is 2.32. The van der Waals surface area contributed by atoms with Crippen molar-refractivity contribution in [1.82, 2.24) is 10.0 Å². The number of benzene rings is 1. The molecule has 19 heavy (non-hydrogen) atoms. The Bertz CT molecular complexity index is 560. The smallest absolute Gasteiger partial charge is 0.240 e. The summed E-state index contributed by atoms with van der Waals surface area (Å²) in [5.74, 6) is -0.194. The summed E-state index contributed by atoms with van der Waals surface area (Å²) in [6, 6.07) is 4.36. The van der Waals surface area contributed by atoms with Crippen LogP contribution in [0.25, 0.3) is 0 Å². The second-order valence-electron chi connectivity index (χ2n) is 3.78. The van der Waals surface area contributed by atoms with Crippen LogP contribution in [-0.4, -0.2) is 27.4 Å². The highest BCUT2D eigenvalue weighted by Crippen LogP contribution is 2.22.